The second-order valence-corrected chi connectivity index (χ2v) is 10.0. The van der Waals surface area contributed by atoms with Crippen LogP contribution in [0.2, 0.25) is 0 Å². The van der Waals surface area contributed by atoms with Crippen molar-refractivity contribution in [2.24, 2.45) is 0 Å². The number of benzene rings is 1. The Hall–Kier alpha value is -2.21. The molecule has 1 aromatic carbocycles. The lowest BCUT2D eigenvalue weighted by Gasteiger charge is -2.44. The van der Waals surface area contributed by atoms with Crippen molar-refractivity contribution in [2.45, 2.75) is 90.1 Å². The maximum atomic E-state index is 12.5. The first-order chi connectivity index (χ1) is 15.4. The molecule has 1 saturated heterocycles. The first kappa shape index (κ1) is 23.0. The van der Waals surface area contributed by atoms with Crippen LogP contribution in [0.5, 0.6) is 0 Å². The average molecular weight is 438 g/mol. The topological polar surface area (TPSA) is 63.1 Å². The maximum absolute atomic E-state index is 12.5. The first-order valence-corrected chi connectivity index (χ1v) is 12.4. The van der Waals surface area contributed by atoms with E-state index < -0.39 is 0 Å². The number of nitrogens with zero attached hydrogens (tertiary/aromatic N) is 4. The minimum Gasteiger partial charge on any atom is -0.353 e. The normalized spacial score (nSPS) is 19.7. The third-order valence-electron chi connectivity index (χ3n) is 7.47. The number of amides is 1. The minimum atomic E-state index is 0.124. The lowest BCUT2D eigenvalue weighted by molar-refractivity contribution is -0.122. The molecule has 0 radical (unpaired) electrons. The van der Waals surface area contributed by atoms with Crippen molar-refractivity contribution in [3.8, 4) is 0 Å². The summed E-state index contributed by atoms with van der Waals surface area (Å²) in [5.41, 5.74) is 3.16. The van der Waals surface area contributed by atoms with Crippen LogP contribution in [0.15, 0.2) is 24.3 Å². The summed E-state index contributed by atoms with van der Waals surface area (Å²) in [6.07, 6.45) is 9.18. The highest BCUT2D eigenvalue weighted by molar-refractivity contribution is 5.76. The number of piperidine rings is 1. The molecule has 174 valence electrons. The molecule has 0 unspecified atom stereocenters. The highest BCUT2D eigenvalue weighted by Crippen LogP contribution is 2.40. The third-order valence-corrected chi connectivity index (χ3v) is 7.47. The first-order valence-electron chi connectivity index (χ1n) is 12.4. The summed E-state index contributed by atoms with van der Waals surface area (Å²) in [5, 5.41) is 7.61. The summed E-state index contributed by atoms with van der Waals surface area (Å²) < 4.78 is 1.83. The second-order valence-electron chi connectivity index (χ2n) is 10.0. The molecule has 2 aromatic rings. The standard InChI is InChI=1S/C26H39N5O/c1-20-7-9-23(10-8-20)26(14-5-4-6-15-26)19-30-16-11-24(12-17-30)28-25(32)13-18-31-22(3)27-21(2)29-31/h7-10,24H,4-6,11-19H2,1-3H3,(H,28,32). The molecule has 6 nitrogen and oxygen atoms in total. The Labute approximate surface area is 192 Å². The summed E-state index contributed by atoms with van der Waals surface area (Å²) in [4.78, 5) is 19.4. The van der Waals surface area contributed by atoms with Gasteiger partial charge in [-0.25, -0.2) is 9.67 Å². The maximum Gasteiger partial charge on any atom is 0.222 e. The van der Waals surface area contributed by atoms with Crippen molar-refractivity contribution in [2.75, 3.05) is 19.6 Å². The zero-order chi connectivity index (χ0) is 22.6. The number of aromatic nitrogens is 3. The van der Waals surface area contributed by atoms with Gasteiger partial charge < -0.3 is 10.2 Å². The molecule has 6 heteroatoms. The molecule has 2 fully saturated rings. The number of likely N-dealkylation sites (tertiary alicyclic amines) is 1. The van der Waals surface area contributed by atoms with Crippen LogP contribution in [0.4, 0.5) is 0 Å². The van der Waals surface area contributed by atoms with E-state index in [9.17, 15) is 4.79 Å². The fraction of sp³-hybridized carbons (Fsp3) is 0.654. The zero-order valence-corrected chi connectivity index (χ0v) is 20.1. The van der Waals surface area contributed by atoms with Gasteiger partial charge in [-0.3, -0.25) is 4.79 Å². The molecular weight excluding hydrogens is 398 g/mol. The molecule has 1 N–H and O–H groups in total. The van der Waals surface area contributed by atoms with Gasteiger partial charge in [-0.1, -0.05) is 49.1 Å². The Kier molecular flexibility index (Phi) is 7.29. The monoisotopic (exact) mass is 437 g/mol. The van der Waals surface area contributed by atoms with E-state index in [1.54, 1.807) is 0 Å². The van der Waals surface area contributed by atoms with E-state index in [4.69, 9.17) is 0 Å². The SMILES string of the molecule is Cc1ccc(C2(CN3CCC(NC(=O)CCn4nc(C)nc4C)CC3)CCCCC2)cc1. The van der Waals surface area contributed by atoms with Crippen LogP contribution in [0.1, 0.15) is 74.1 Å². The number of aryl methyl sites for hydroxylation is 4. The summed E-state index contributed by atoms with van der Waals surface area (Å²) in [6, 6.07) is 9.57. The van der Waals surface area contributed by atoms with Crippen molar-refractivity contribution in [1.29, 1.82) is 0 Å². The fourth-order valence-electron chi connectivity index (χ4n) is 5.62. The summed E-state index contributed by atoms with van der Waals surface area (Å²) in [6.45, 7) is 9.87. The van der Waals surface area contributed by atoms with Gasteiger partial charge in [0.2, 0.25) is 5.91 Å². The number of rotatable bonds is 7. The van der Waals surface area contributed by atoms with Crippen molar-refractivity contribution in [3.63, 3.8) is 0 Å². The van der Waals surface area contributed by atoms with E-state index in [1.807, 2.05) is 18.5 Å². The van der Waals surface area contributed by atoms with Gasteiger partial charge in [-0.05, 0) is 52.0 Å². The van der Waals surface area contributed by atoms with Crippen molar-refractivity contribution >= 4 is 5.91 Å². The molecule has 1 saturated carbocycles. The highest BCUT2D eigenvalue weighted by atomic mass is 16.1. The minimum absolute atomic E-state index is 0.124. The van der Waals surface area contributed by atoms with E-state index in [2.05, 4.69) is 51.5 Å². The van der Waals surface area contributed by atoms with E-state index in [-0.39, 0.29) is 5.91 Å². The number of hydrogen-bond acceptors (Lipinski definition) is 4. The van der Waals surface area contributed by atoms with Gasteiger partial charge in [0.25, 0.3) is 0 Å². The van der Waals surface area contributed by atoms with Gasteiger partial charge in [0.1, 0.15) is 11.6 Å². The van der Waals surface area contributed by atoms with Crippen LogP contribution in [0.3, 0.4) is 0 Å². The number of hydrogen-bond donors (Lipinski definition) is 1. The van der Waals surface area contributed by atoms with Crippen LogP contribution >= 0.6 is 0 Å². The molecular formula is C26H39N5O. The molecule has 4 rings (SSSR count). The molecule has 2 heterocycles. The van der Waals surface area contributed by atoms with Crippen molar-refractivity contribution < 1.29 is 4.79 Å². The molecule has 2 aliphatic rings. The Bertz CT molecular complexity index is 889. The predicted molar refractivity (Wildman–Crippen MR) is 128 cm³/mol. The second kappa shape index (κ2) is 10.2. The number of carbonyl (C=O) groups is 1. The molecule has 1 aromatic heterocycles. The molecule has 1 aliphatic heterocycles. The molecule has 32 heavy (non-hydrogen) atoms. The average Bonchev–Trinajstić information content (AvgIpc) is 3.11. The summed E-state index contributed by atoms with van der Waals surface area (Å²) in [7, 11) is 0. The van der Waals surface area contributed by atoms with Gasteiger partial charge in [0.05, 0.1) is 6.54 Å². The zero-order valence-electron chi connectivity index (χ0n) is 20.1. The number of carbonyl (C=O) groups excluding carboxylic acids is 1. The largest absolute Gasteiger partial charge is 0.353 e. The van der Waals surface area contributed by atoms with E-state index >= 15 is 0 Å². The lowest BCUT2D eigenvalue weighted by atomic mass is 9.69. The van der Waals surface area contributed by atoms with Gasteiger partial charge >= 0.3 is 0 Å². The van der Waals surface area contributed by atoms with E-state index in [0.29, 0.717) is 24.4 Å². The predicted octanol–water partition coefficient (Wildman–Crippen LogP) is 4.08. The molecule has 1 amide bonds. The lowest BCUT2D eigenvalue weighted by Crippen LogP contribution is -2.49. The van der Waals surface area contributed by atoms with Crippen LogP contribution < -0.4 is 5.32 Å². The molecule has 0 atom stereocenters. The van der Waals surface area contributed by atoms with E-state index in [1.165, 1.54) is 43.2 Å². The smallest absolute Gasteiger partial charge is 0.222 e. The Morgan fingerprint density at radius 3 is 2.38 bits per heavy atom. The van der Waals surface area contributed by atoms with Gasteiger partial charge in [-0.15, -0.1) is 0 Å². The van der Waals surface area contributed by atoms with E-state index in [0.717, 1.165) is 44.1 Å². The quantitative estimate of drug-likeness (QED) is 0.709. The van der Waals surface area contributed by atoms with Crippen LogP contribution in [0.25, 0.3) is 0 Å². The molecule has 0 bridgehead atoms. The third kappa shape index (κ3) is 5.58. The van der Waals surface area contributed by atoms with Crippen LogP contribution in [0, 0.1) is 20.8 Å². The van der Waals surface area contributed by atoms with Crippen molar-refractivity contribution in [3.05, 3.63) is 47.0 Å². The number of nitrogens with one attached hydrogen (secondary N) is 1. The van der Waals surface area contributed by atoms with Crippen LogP contribution in [-0.4, -0.2) is 51.2 Å². The van der Waals surface area contributed by atoms with Gasteiger partial charge in [0.15, 0.2) is 0 Å². The van der Waals surface area contributed by atoms with Crippen molar-refractivity contribution in [1.82, 2.24) is 25.0 Å². The Balaban J connectivity index is 1.27. The highest BCUT2D eigenvalue weighted by Gasteiger charge is 2.36. The Morgan fingerprint density at radius 1 is 1.06 bits per heavy atom. The summed E-state index contributed by atoms with van der Waals surface area (Å²) >= 11 is 0. The van der Waals surface area contributed by atoms with Crippen LogP contribution in [-0.2, 0) is 16.8 Å². The molecule has 1 aliphatic carbocycles. The Morgan fingerprint density at radius 2 is 1.75 bits per heavy atom. The van der Waals surface area contributed by atoms with Gasteiger partial charge in [0, 0.05) is 37.5 Å². The molecule has 0 spiro atoms. The summed E-state index contributed by atoms with van der Waals surface area (Å²) in [5.74, 6) is 1.75. The van der Waals surface area contributed by atoms with Gasteiger partial charge in [-0.2, -0.15) is 5.10 Å². The fourth-order valence-corrected chi connectivity index (χ4v) is 5.62.